The molecule has 2 fully saturated rings. The second-order valence-electron chi connectivity index (χ2n) is 8.78. The lowest BCUT2D eigenvalue weighted by Gasteiger charge is -2.35. The molecule has 2 aliphatic heterocycles. The fourth-order valence-electron chi connectivity index (χ4n) is 4.96. The number of fused-ring (bicyclic) bond motifs is 1. The Morgan fingerprint density at radius 1 is 0.862 bits per heavy atom. The Morgan fingerprint density at radius 2 is 1.55 bits per heavy atom. The highest BCUT2D eigenvalue weighted by molar-refractivity contribution is 5.96. The summed E-state index contributed by atoms with van der Waals surface area (Å²) in [5, 5.41) is 6.28. The lowest BCUT2D eigenvalue weighted by atomic mass is 9.96. The first-order valence-corrected chi connectivity index (χ1v) is 11.4. The summed E-state index contributed by atoms with van der Waals surface area (Å²) in [4.78, 5) is 29.4. The minimum atomic E-state index is -0.0173. The van der Waals surface area contributed by atoms with Crippen LogP contribution in [0.3, 0.4) is 0 Å². The number of nitrogens with one attached hydrogen (secondary N) is 2. The summed E-state index contributed by atoms with van der Waals surface area (Å²) in [7, 11) is 0. The normalized spacial score (nSPS) is 21.4. The standard InChI is InChI=1S/C23H34N4O2/c28-22(27-14-6-8-18-7-4-5-11-21(18)27)17-26-15-12-20(13-16-26)25-23(29)24-19-9-2-1-3-10-19/h4-5,7,11,19-20H,1-3,6,8-10,12-17H2,(H2,24,25,29). The third-order valence-electron chi connectivity index (χ3n) is 6.63. The molecule has 29 heavy (non-hydrogen) atoms. The van der Waals surface area contributed by atoms with Gasteiger partial charge in [0.25, 0.3) is 0 Å². The molecule has 3 amide bonds. The van der Waals surface area contributed by atoms with Gasteiger partial charge in [-0.1, -0.05) is 37.5 Å². The predicted octanol–water partition coefficient (Wildman–Crippen LogP) is 3.06. The number of hydrogen-bond donors (Lipinski definition) is 2. The predicted molar refractivity (Wildman–Crippen MR) is 115 cm³/mol. The third-order valence-corrected chi connectivity index (χ3v) is 6.63. The average Bonchev–Trinajstić information content (AvgIpc) is 2.75. The minimum Gasteiger partial charge on any atom is -0.335 e. The molecule has 2 N–H and O–H groups in total. The Morgan fingerprint density at radius 3 is 2.31 bits per heavy atom. The van der Waals surface area contributed by atoms with E-state index in [9.17, 15) is 9.59 Å². The Bertz CT molecular complexity index is 709. The summed E-state index contributed by atoms with van der Waals surface area (Å²) < 4.78 is 0. The van der Waals surface area contributed by atoms with E-state index in [2.05, 4.69) is 33.7 Å². The number of benzene rings is 1. The highest BCUT2D eigenvalue weighted by Gasteiger charge is 2.27. The number of nitrogens with zero attached hydrogens (tertiary/aromatic N) is 2. The SMILES string of the molecule is O=C(NC1CCCCC1)NC1CCN(CC(=O)N2CCCc3ccccc32)CC1. The van der Waals surface area contributed by atoms with E-state index in [-0.39, 0.29) is 18.0 Å². The Balaban J connectivity index is 1.21. The molecule has 6 heteroatoms. The first-order valence-electron chi connectivity index (χ1n) is 11.4. The maximum Gasteiger partial charge on any atom is 0.315 e. The van der Waals surface area contributed by atoms with Crippen LogP contribution in [0, 0.1) is 0 Å². The van der Waals surface area contributed by atoms with Gasteiger partial charge in [-0.05, 0) is 50.2 Å². The molecular weight excluding hydrogens is 364 g/mol. The fraction of sp³-hybridized carbons (Fsp3) is 0.652. The van der Waals surface area contributed by atoms with Gasteiger partial charge in [0.1, 0.15) is 0 Å². The Kier molecular flexibility index (Phi) is 6.70. The van der Waals surface area contributed by atoms with Crippen molar-refractivity contribution >= 4 is 17.6 Å². The maximum absolute atomic E-state index is 12.9. The molecule has 0 unspecified atom stereocenters. The van der Waals surface area contributed by atoms with Gasteiger partial charge in [0.05, 0.1) is 6.54 Å². The lowest BCUT2D eigenvalue weighted by Crippen LogP contribution is -2.51. The van der Waals surface area contributed by atoms with Gasteiger partial charge < -0.3 is 15.5 Å². The number of urea groups is 1. The summed E-state index contributed by atoms with van der Waals surface area (Å²) in [5.41, 5.74) is 2.36. The lowest BCUT2D eigenvalue weighted by molar-refractivity contribution is -0.120. The van der Waals surface area contributed by atoms with E-state index < -0.39 is 0 Å². The van der Waals surface area contributed by atoms with Crippen molar-refractivity contribution in [2.45, 2.75) is 69.9 Å². The number of anilines is 1. The van der Waals surface area contributed by atoms with Crippen LogP contribution in [0.25, 0.3) is 0 Å². The smallest absolute Gasteiger partial charge is 0.315 e. The number of amides is 3. The summed E-state index contributed by atoms with van der Waals surface area (Å²) in [6.45, 7) is 3.00. The summed E-state index contributed by atoms with van der Waals surface area (Å²) in [6.07, 6.45) is 9.84. The summed E-state index contributed by atoms with van der Waals surface area (Å²) >= 11 is 0. The molecule has 0 aromatic heterocycles. The zero-order chi connectivity index (χ0) is 20.1. The van der Waals surface area contributed by atoms with E-state index in [1.54, 1.807) is 0 Å². The van der Waals surface area contributed by atoms with Crippen molar-refractivity contribution in [1.82, 2.24) is 15.5 Å². The van der Waals surface area contributed by atoms with Crippen molar-refractivity contribution < 1.29 is 9.59 Å². The number of carbonyl (C=O) groups is 2. The van der Waals surface area contributed by atoms with Gasteiger partial charge in [-0.15, -0.1) is 0 Å². The largest absolute Gasteiger partial charge is 0.335 e. The van der Waals surface area contributed by atoms with Crippen LogP contribution in [0.2, 0.25) is 0 Å². The van der Waals surface area contributed by atoms with Crippen LogP contribution in [0.4, 0.5) is 10.5 Å². The maximum atomic E-state index is 12.9. The monoisotopic (exact) mass is 398 g/mol. The third kappa shape index (κ3) is 5.30. The van der Waals surface area contributed by atoms with Gasteiger partial charge in [-0.3, -0.25) is 9.69 Å². The van der Waals surface area contributed by atoms with Gasteiger partial charge >= 0.3 is 6.03 Å². The van der Waals surface area contributed by atoms with Crippen LogP contribution in [0.15, 0.2) is 24.3 Å². The zero-order valence-electron chi connectivity index (χ0n) is 17.4. The van der Waals surface area contributed by atoms with Crippen molar-refractivity contribution in [3.63, 3.8) is 0 Å². The summed E-state index contributed by atoms with van der Waals surface area (Å²) in [6, 6.07) is 8.79. The molecule has 0 bridgehead atoms. The number of carbonyl (C=O) groups excluding carboxylic acids is 2. The van der Waals surface area contributed by atoms with E-state index in [0.717, 1.165) is 63.8 Å². The van der Waals surface area contributed by atoms with Crippen LogP contribution in [-0.2, 0) is 11.2 Å². The second-order valence-corrected chi connectivity index (χ2v) is 8.78. The Hall–Kier alpha value is -2.08. The molecule has 6 nitrogen and oxygen atoms in total. The number of likely N-dealkylation sites (tertiary alicyclic amines) is 1. The molecule has 3 aliphatic rings. The molecule has 0 spiro atoms. The Labute approximate surface area is 174 Å². The molecule has 1 aromatic rings. The van der Waals surface area contributed by atoms with Gasteiger partial charge in [-0.2, -0.15) is 0 Å². The molecule has 158 valence electrons. The molecule has 4 rings (SSSR count). The molecule has 1 aromatic carbocycles. The van der Waals surface area contributed by atoms with Crippen molar-refractivity contribution in [3.05, 3.63) is 29.8 Å². The van der Waals surface area contributed by atoms with Crippen LogP contribution >= 0.6 is 0 Å². The highest BCUT2D eigenvalue weighted by atomic mass is 16.2. The van der Waals surface area contributed by atoms with E-state index in [1.807, 2.05) is 11.0 Å². The fourth-order valence-corrected chi connectivity index (χ4v) is 4.96. The van der Waals surface area contributed by atoms with E-state index >= 15 is 0 Å². The zero-order valence-corrected chi connectivity index (χ0v) is 17.4. The van der Waals surface area contributed by atoms with Crippen molar-refractivity contribution in [3.8, 4) is 0 Å². The van der Waals surface area contributed by atoms with Crippen molar-refractivity contribution in [1.29, 1.82) is 0 Å². The second kappa shape index (κ2) is 9.61. The number of aryl methyl sites for hydroxylation is 1. The molecular formula is C23H34N4O2. The van der Waals surface area contributed by atoms with Gasteiger partial charge in [0.15, 0.2) is 0 Å². The van der Waals surface area contributed by atoms with Crippen molar-refractivity contribution in [2.24, 2.45) is 0 Å². The number of hydrogen-bond acceptors (Lipinski definition) is 3. The molecule has 0 radical (unpaired) electrons. The van der Waals surface area contributed by atoms with E-state index in [4.69, 9.17) is 0 Å². The summed E-state index contributed by atoms with van der Waals surface area (Å²) in [5.74, 6) is 0.193. The van der Waals surface area contributed by atoms with Gasteiger partial charge in [0, 0.05) is 37.4 Å². The van der Waals surface area contributed by atoms with E-state index in [1.165, 1.54) is 24.8 Å². The van der Waals surface area contributed by atoms with Gasteiger partial charge in [0.2, 0.25) is 5.91 Å². The first-order chi connectivity index (χ1) is 14.2. The molecule has 0 atom stereocenters. The molecule has 1 aliphatic carbocycles. The first kappa shape index (κ1) is 20.2. The molecule has 1 saturated carbocycles. The van der Waals surface area contributed by atoms with Crippen LogP contribution in [0.5, 0.6) is 0 Å². The highest BCUT2D eigenvalue weighted by Crippen LogP contribution is 2.27. The quantitative estimate of drug-likeness (QED) is 0.819. The number of piperidine rings is 1. The number of rotatable bonds is 4. The molecule has 2 heterocycles. The van der Waals surface area contributed by atoms with Crippen LogP contribution in [0.1, 0.15) is 56.9 Å². The van der Waals surface area contributed by atoms with Gasteiger partial charge in [-0.25, -0.2) is 4.79 Å². The topological polar surface area (TPSA) is 64.7 Å². The van der Waals surface area contributed by atoms with Crippen molar-refractivity contribution in [2.75, 3.05) is 31.1 Å². The minimum absolute atomic E-state index is 0.0173. The van der Waals surface area contributed by atoms with Crippen LogP contribution in [-0.4, -0.2) is 55.1 Å². The number of para-hydroxylation sites is 1. The van der Waals surface area contributed by atoms with E-state index in [0.29, 0.717) is 12.6 Å². The molecule has 1 saturated heterocycles. The van der Waals surface area contributed by atoms with Crippen LogP contribution < -0.4 is 15.5 Å². The average molecular weight is 399 g/mol.